The summed E-state index contributed by atoms with van der Waals surface area (Å²) >= 11 is 0. The SMILES string of the molecule is C[C@H](NC(=O)[C@@H](N)CCCCNC(=O)C(F)(F)[C@]1(C)O[C@H](CO)[C@H](O)[C@H](O)[C@H]1O)C(=O)O. The molecule has 1 fully saturated rings. The van der Waals surface area contributed by atoms with Crippen molar-refractivity contribution < 1.29 is 53.4 Å². The molecule has 12 nitrogen and oxygen atoms in total. The number of rotatable bonds is 11. The molecule has 0 bridgehead atoms. The Kier molecular flexibility index (Phi) is 9.86. The van der Waals surface area contributed by atoms with Gasteiger partial charge < -0.3 is 46.6 Å². The Bertz CT molecular complexity index is 682. The minimum Gasteiger partial charge on any atom is -0.480 e. The molecule has 0 aromatic heterocycles. The highest BCUT2D eigenvalue weighted by atomic mass is 19.3. The molecule has 2 amide bonds. The molecule has 1 aliphatic heterocycles. The van der Waals surface area contributed by atoms with Crippen LogP contribution >= 0.6 is 0 Å². The summed E-state index contributed by atoms with van der Waals surface area (Å²) in [7, 11) is 0. The summed E-state index contributed by atoms with van der Waals surface area (Å²) in [6, 6.07) is -2.15. The van der Waals surface area contributed by atoms with Crippen molar-refractivity contribution in [3.63, 3.8) is 0 Å². The first-order valence-electron chi connectivity index (χ1n) is 9.98. The number of hydrogen-bond donors (Lipinski definition) is 8. The van der Waals surface area contributed by atoms with E-state index >= 15 is 0 Å². The Hall–Kier alpha value is -1.97. The number of nitrogens with one attached hydrogen (secondary N) is 2. The van der Waals surface area contributed by atoms with Gasteiger partial charge in [0.1, 0.15) is 30.5 Å². The molecule has 14 heteroatoms. The number of aliphatic hydroxyl groups excluding tert-OH is 4. The monoisotopic (exact) mass is 471 g/mol. The van der Waals surface area contributed by atoms with Crippen LogP contribution in [0.4, 0.5) is 8.78 Å². The van der Waals surface area contributed by atoms with Gasteiger partial charge in [0, 0.05) is 6.54 Å². The maximum Gasteiger partial charge on any atom is 0.355 e. The van der Waals surface area contributed by atoms with E-state index in [4.69, 9.17) is 15.6 Å². The summed E-state index contributed by atoms with van der Waals surface area (Å²) in [6.07, 6.45) is -7.39. The van der Waals surface area contributed by atoms with E-state index < -0.39 is 72.4 Å². The zero-order valence-corrected chi connectivity index (χ0v) is 17.7. The summed E-state index contributed by atoms with van der Waals surface area (Å²) in [4.78, 5) is 34.5. The van der Waals surface area contributed by atoms with Crippen molar-refractivity contribution >= 4 is 17.8 Å². The first kappa shape index (κ1) is 28.1. The van der Waals surface area contributed by atoms with Gasteiger partial charge in [-0.2, -0.15) is 8.78 Å². The fraction of sp³-hybridized carbons (Fsp3) is 0.833. The quantitative estimate of drug-likeness (QED) is 0.144. The van der Waals surface area contributed by atoms with E-state index in [1.165, 1.54) is 6.92 Å². The highest BCUT2D eigenvalue weighted by molar-refractivity contribution is 5.86. The molecule has 186 valence electrons. The number of hydrogen-bond acceptors (Lipinski definition) is 9. The van der Waals surface area contributed by atoms with Crippen molar-refractivity contribution in [2.75, 3.05) is 13.2 Å². The van der Waals surface area contributed by atoms with Crippen molar-refractivity contribution in [1.82, 2.24) is 10.6 Å². The van der Waals surface area contributed by atoms with E-state index in [1.54, 1.807) is 0 Å². The predicted molar refractivity (Wildman–Crippen MR) is 103 cm³/mol. The number of carboxylic acid groups (broad SMARTS) is 1. The van der Waals surface area contributed by atoms with Gasteiger partial charge in [0.15, 0.2) is 5.60 Å². The molecular formula is C18H31F2N3O9. The molecule has 1 aliphatic rings. The first-order chi connectivity index (χ1) is 14.7. The third-order valence-corrected chi connectivity index (χ3v) is 5.40. The third-order valence-electron chi connectivity index (χ3n) is 5.40. The van der Waals surface area contributed by atoms with Crippen molar-refractivity contribution in [2.24, 2.45) is 5.73 Å². The van der Waals surface area contributed by atoms with Gasteiger partial charge in [-0.15, -0.1) is 0 Å². The van der Waals surface area contributed by atoms with Crippen LogP contribution < -0.4 is 16.4 Å². The highest BCUT2D eigenvalue weighted by Gasteiger charge is 2.66. The lowest BCUT2D eigenvalue weighted by atomic mass is 9.81. The number of unbranched alkanes of at least 4 members (excludes halogenated alkanes) is 1. The number of nitrogens with two attached hydrogens (primary N) is 1. The lowest BCUT2D eigenvalue weighted by Gasteiger charge is -2.49. The van der Waals surface area contributed by atoms with Gasteiger partial charge in [0.2, 0.25) is 5.91 Å². The zero-order valence-electron chi connectivity index (χ0n) is 17.7. The number of carbonyl (C=O) groups is 3. The second-order valence-electron chi connectivity index (χ2n) is 7.87. The summed E-state index contributed by atoms with van der Waals surface area (Å²) in [5, 5.41) is 51.6. The lowest BCUT2D eigenvalue weighted by Crippen LogP contribution is -2.72. The number of alkyl halides is 2. The van der Waals surface area contributed by atoms with E-state index in [9.17, 15) is 43.6 Å². The topological polar surface area (TPSA) is 212 Å². The van der Waals surface area contributed by atoms with Crippen LogP contribution in [-0.2, 0) is 19.1 Å². The Morgan fingerprint density at radius 1 is 1.19 bits per heavy atom. The van der Waals surface area contributed by atoms with Crippen LogP contribution in [0.5, 0.6) is 0 Å². The summed E-state index contributed by atoms with van der Waals surface area (Å²) in [5.41, 5.74) is 2.71. The van der Waals surface area contributed by atoms with Crippen molar-refractivity contribution in [3.8, 4) is 0 Å². The molecule has 1 saturated heterocycles. The van der Waals surface area contributed by atoms with Crippen LogP contribution in [0, 0.1) is 0 Å². The Balaban J connectivity index is 2.57. The van der Waals surface area contributed by atoms with E-state index in [1.807, 2.05) is 5.32 Å². The number of carbonyl (C=O) groups excluding carboxylic acids is 2. The Morgan fingerprint density at radius 3 is 2.31 bits per heavy atom. The predicted octanol–water partition coefficient (Wildman–Crippen LogP) is -2.94. The van der Waals surface area contributed by atoms with E-state index in [2.05, 4.69) is 5.32 Å². The molecule has 0 aliphatic carbocycles. The highest BCUT2D eigenvalue weighted by Crippen LogP contribution is 2.41. The third kappa shape index (κ3) is 6.08. The number of amides is 2. The first-order valence-corrected chi connectivity index (χ1v) is 9.98. The summed E-state index contributed by atoms with van der Waals surface area (Å²) in [6.45, 7) is 0.774. The van der Waals surface area contributed by atoms with E-state index in [-0.39, 0.29) is 25.8 Å². The van der Waals surface area contributed by atoms with E-state index in [0.29, 0.717) is 6.92 Å². The molecular weight excluding hydrogens is 440 g/mol. The van der Waals surface area contributed by atoms with Crippen molar-refractivity contribution in [1.29, 1.82) is 0 Å². The molecule has 0 spiro atoms. The van der Waals surface area contributed by atoms with E-state index in [0.717, 1.165) is 0 Å². The molecule has 0 aromatic rings. The van der Waals surface area contributed by atoms with Crippen LogP contribution in [0.1, 0.15) is 33.1 Å². The van der Waals surface area contributed by atoms with Crippen LogP contribution in [0.2, 0.25) is 0 Å². The number of carboxylic acids is 1. The maximum atomic E-state index is 14.8. The molecule has 1 rings (SSSR count). The zero-order chi connectivity index (χ0) is 24.9. The van der Waals surface area contributed by atoms with Crippen LogP contribution in [0.3, 0.4) is 0 Å². The molecule has 32 heavy (non-hydrogen) atoms. The number of aliphatic carboxylic acids is 1. The van der Waals surface area contributed by atoms with Crippen LogP contribution in [0.15, 0.2) is 0 Å². The van der Waals surface area contributed by atoms with Gasteiger partial charge in [0.25, 0.3) is 5.91 Å². The minimum absolute atomic E-state index is 0.103. The average Bonchev–Trinajstić information content (AvgIpc) is 2.73. The molecule has 9 N–H and O–H groups in total. The van der Waals surface area contributed by atoms with Crippen LogP contribution in [-0.4, -0.2) is 104 Å². The fourth-order valence-electron chi connectivity index (χ4n) is 3.13. The minimum atomic E-state index is -4.34. The molecule has 0 unspecified atom stereocenters. The standard InChI is InChI=1S/C18H31F2N3O9/c1-8(15(29)30)23-14(28)9(21)5-3-4-6-22-16(31)18(19,20)17(2)13(27)12(26)11(25)10(7-24)32-17/h8-13,24-27H,3-7,21H2,1-2H3,(H,22,31)(H,23,28)(H,29,30)/t8-,9-,10+,11-,12-,13+,17+/m0/s1. The average molecular weight is 471 g/mol. The van der Waals surface area contributed by atoms with Crippen molar-refractivity contribution in [2.45, 2.75) is 81.1 Å². The Morgan fingerprint density at radius 2 is 1.78 bits per heavy atom. The summed E-state index contributed by atoms with van der Waals surface area (Å²) < 4.78 is 34.5. The van der Waals surface area contributed by atoms with Gasteiger partial charge in [-0.25, -0.2) is 0 Å². The molecule has 0 aromatic carbocycles. The van der Waals surface area contributed by atoms with Crippen LogP contribution in [0.25, 0.3) is 0 Å². The van der Waals surface area contributed by atoms with Crippen molar-refractivity contribution in [3.05, 3.63) is 0 Å². The smallest absolute Gasteiger partial charge is 0.355 e. The fourth-order valence-corrected chi connectivity index (χ4v) is 3.13. The summed E-state index contributed by atoms with van der Waals surface area (Å²) in [5.74, 6) is -8.07. The van der Waals surface area contributed by atoms with Gasteiger partial charge in [-0.3, -0.25) is 14.4 Å². The second-order valence-corrected chi connectivity index (χ2v) is 7.87. The maximum absolute atomic E-state index is 14.8. The largest absolute Gasteiger partial charge is 0.480 e. The molecule has 0 radical (unpaired) electrons. The molecule has 0 saturated carbocycles. The normalized spacial score (nSPS) is 30.3. The number of aliphatic hydroxyl groups is 4. The van der Waals surface area contributed by atoms with Gasteiger partial charge >= 0.3 is 11.9 Å². The molecule has 1 heterocycles. The van der Waals surface area contributed by atoms with Gasteiger partial charge in [-0.1, -0.05) is 0 Å². The molecule has 7 atom stereocenters. The number of ether oxygens (including phenoxy) is 1. The van der Waals surface area contributed by atoms with Gasteiger partial charge in [0.05, 0.1) is 12.6 Å². The second kappa shape index (κ2) is 11.2. The number of halogens is 2. The Labute approximate surface area is 182 Å². The lowest BCUT2D eigenvalue weighted by molar-refractivity contribution is -0.319. The van der Waals surface area contributed by atoms with Gasteiger partial charge in [-0.05, 0) is 33.1 Å².